The van der Waals surface area contributed by atoms with Gasteiger partial charge in [0, 0.05) is 29.4 Å². The SMILES string of the molecule is COC(=O)N[C@H]1CCCCC/C=C\[C@@H]2C[C@@]2(C(=O)NS(=O)(=O)C2CC2)NC(=O)[C@@H]2C[C@@H](Oc3cc(-c4ccc(F)cc4)nc4c3oc3ccc(C)cc34)CN2C1=O. The van der Waals surface area contributed by atoms with Crippen LogP contribution in [0.25, 0.3) is 33.3 Å². The lowest BCUT2D eigenvalue weighted by Gasteiger charge is -2.29. The fourth-order valence-electron chi connectivity index (χ4n) is 7.90. The third-order valence-corrected chi connectivity index (χ3v) is 13.1. The summed E-state index contributed by atoms with van der Waals surface area (Å²) in [5.41, 5.74) is 1.95. The van der Waals surface area contributed by atoms with E-state index in [-0.39, 0.29) is 31.6 Å². The minimum absolute atomic E-state index is 0.0177. The smallest absolute Gasteiger partial charge is 0.407 e. The highest BCUT2D eigenvalue weighted by Crippen LogP contribution is 2.46. The van der Waals surface area contributed by atoms with E-state index in [1.165, 1.54) is 24.1 Å². The average molecular weight is 802 g/mol. The minimum atomic E-state index is -3.92. The lowest BCUT2D eigenvalue weighted by molar-refractivity contribution is -0.141. The summed E-state index contributed by atoms with van der Waals surface area (Å²) >= 11 is 0. The fourth-order valence-corrected chi connectivity index (χ4v) is 9.27. The molecule has 2 aromatic carbocycles. The highest BCUT2D eigenvalue weighted by Gasteiger charge is 2.62. The van der Waals surface area contributed by atoms with Crippen molar-refractivity contribution in [1.82, 2.24) is 25.2 Å². The van der Waals surface area contributed by atoms with Gasteiger partial charge in [-0.25, -0.2) is 22.6 Å². The number of alkyl carbamates (subject to hydrolysis) is 1. The monoisotopic (exact) mass is 801 g/mol. The van der Waals surface area contributed by atoms with Gasteiger partial charge in [0.15, 0.2) is 11.3 Å². The van der Waals surface area contributed by atoms with Crippen LogP contribution in [0.3, 0.4) is 0 Å². The molecule has 16 heteroatoms. The predicted octanol–water partition coefficient (Wildman–Crippen LogP) is 5.17. The van der Waals surface area contributed by atoms with Gasteiger partial charge in [-0.1, -0.05) is 36.6 Å². The van der Waals surface area contributed by atoms with Crippen LogP contribution in [0.2, 0.25) is 0 Å². The zero-order valence-electron chi connectivity index (χ0n) is 31.6. The number of ether oxygens (including phenoxy) is 2. The van der Waals surface area contributed by atoms with Gasteiger partial charge in [0.25, 0.3) is 5.91 Å². The van der Waals surface area contributed by atoms with Crippen LogP contribution in [-0.2, 0) is 29.1 Å². The fraction of sp³-hybridized carbons (Fsp3) is 0.439. The van der Waals surface area contributed by atoms with Crippen LogP contribution in [0.4, 0.5) is 9.18 Å². The van der Waals surface area contributed by atoms with Gasteiger partial charge in [0.2, 0.25) is 21.8 Å². The Hall–Kier alpha value is -5.51. The first-order valence-corrected chi connectivity index (χ1v) is 20.9. The van der Waals surface area contributed by atoms with Crippen LogP contribution in [0.15, 0.2) is 65.1 Å². The predicted molar refractivity (Wildman–Crippen MR) is 207 cm³/mol. The van der Waals surface area contributed by atoms with Crippen molar-refractivity contribution in [3.63, 3.8) is 0 Å². The molecular formula is C41H44FN5O9S. The Kier molecular flexibility index (Phi) is 10.2. The summed E-state index contributed by atoms with van der Waals surface area (Å²) in [4.78, 5) is 61.4. The number of nitrogens with zero attached hydrogens (tertiary/aromatic N) is 2. The summed E-state index contributed by atoms with van der Waals surface area (Å²) in [6.45, 7) is 1.87. The van der Waals surface area contributed by atoms with Crippen LogP contribution < -0.4 is 20.1 Å². The molecule has 5 atom stereocenters. The molecule has 57 heavy (non-hydrogen) atoms. The van der Waals surface area contributed by atoms with Crippen molar-refractivity contribution in [3.8, 4) is 17.0 Å². The number of methoxy groups -OCH3 is 1. The van der Waals surface area contributed by atoms with Crippen molar-refractivity contribution in [2.45, 2.75) is 93.7 Å². The number of halogens is 1. The molecule has 2 aromatic heterocycles. The number of nitrogens with one attached hydrogen (secondary N) is 3. The van der Waals surface area contributed by atoms with Crippen molar-refractivity contribution >= 4 is 55.9 Å². The number of furan rings is 1. The number of fused-ring (bicyclic) bond motifs is 5. The maximum absolute atomic E-state index is 14.5. The Morgan fingerprint density at radius 3 is 2.60 bits per heavy atom. The van der Waals surface area contributed by atoms with Gasteiger partial charge in [-0.3, -0.25) is 19.1 Å². The number of hydrogen-bond acceptors (Lipinski definition) is 10. The number of aryl methyl sites for hydroxylation is 1. The van der Waals surface area contributed by atoms with Crippen molar-refractivity contribution in [2.75, 3.05) is 13.7 Å². The third-order valence-electron chi connectivity index (χ3n) is 11.3. The molecule has 14 nitrogen and oxygen atoms in total. The van der Waals surface area contributed by atoms with Gasteiger partial charge in [0.1, 0.15) is 40.6 Å². The van der Waals surface area contributed by atoms with E-state index in [0.717, 1.165) is 23.8 Å². The van der Waals surface area contributed by atoms with Crippen LogP contribution in [0, 0.1) is 18.7 Å². The van der Waals surface area contributed by atoms with E-state index in [1.807, 2.05) is 37.3 Å². The Bertz CT molecular complexity index is 2400. The molecule has 2 aliphatic heterocycles. The number of amides is 4. The van der Waals surface area contributed by atoms with Crippen molar-refractivity contribution in [1.29, 1.82) is 0 Å². The van der Waals surface area contributed by atoms with Crippen LogP contribution >= 0.6 is 0 Å². The number of allylic oxidation sites excluding steroid dienone is 1. The molecule has 4 aromatic rings. The molecule has 2 aliphatic carbocycles. The molecule has 4 amide bonds. The number of pyridine rings is 1. The minimum Gasteiger partial charge on any atom is -0.484 e. The molecule has 4 heterocycles. The Labute approximate surface area is 328 Å². The Morgan fingerprint density at radius 2 is 1.84 bits per heavy atom. The zero-order chi connectivity index (χ0) is 40.1. The Morgan fingerprint density at radius 1 is 1.05 bits per heavy atom. The lowest BCUT2D eigenvalue weighted by Crippen LogP contribution is -2.58. The molecule has 3 fully saturated rings. The number of rotatable bonds is 7. The van der Waals surface area contributed by atoms with E-state index in [0.29, 0.717) is 53.6 Å². The molecule has 1 saturated heterocycles. The molecule has 0 radical (unpaired) electrons. The molecule has 0 bridgehead atoms. The standard InChI is InChI=1S/C41H44FN5O9S/c1-23-10-17-33-29(18-23)35-36(56-33)34(20-31(43-35)24-11-13-26(42)14-12-24)55-27-19-32-37(48)45-41(39(50)46-57(52,53)28-15-16-28)21-25(41)8-6-4-3-5-7-9-30(44-40(51)54-2)38(49)47(32)22-27/h6,8,10-14,17-18,20,25,27-28,30,32H,3-5,7,9,15-16,19,21-22H2,1-2H3,(H,44,51)(H,45,48)(H,46,50)/b8-6-/t25-,27-,30+,32+,41-/m1/s1. The van der Waals surface area contributed by atoms with E-state index in [2.05, 4.69) is 15.4 Å². The summed E-state index contributed by atoms with van der Waals surface area (Å²) in [5, 5.41) is 5.59. The zero-order valence-corrected chi connectivity index (χ0v) is 32.4. The second-order valence-corrected chi connectivity index (χ2v) is 17.4. The number of carbonyl (C=O) groups is 4. The first-order chi connectivity index (χ1) is 27.3. The van der Waals surface area contributed by atoms with E-state index < -0.39 is 74.5 Å². The van der Waals surface area contributed by atoms with Gasteiger partial charge < -0.3 is 29.4 Å². The van der Waals surface area contributed by atoms with Crippen molar-refractivity contribution in [2.24, 2.45) is 5.92 Å². The maximum Gasteiger partial charge on any atom is 0.407 e. The van der Waals surface area contributed by atoms with Gasteiger partial charge in [-0.15, -0.1) is 0 Å². The van der Waals surface area contributed by atoms with E-state index in [1.54, 1.807) is 18.2 Å². The second-order valence-electron chi connectivity index (χ2n) is 15.5. The molecule has 3 N–H and O–H groups in total. The van der Waals surface area contributed by atoms with Gasteiger partial charge in [-0.05, 0) is 81.8 Å². The maximum atomic E-state index is 14.5. The normalized spacial score (nSPS) is 26.1. The second kappa shape index (κ2) is 15.1. The van der Waals surface area contributed by atoms with Crippen LogP contribution in [-0.4, -0.2) is 84.7 Å². The highest BCUT2D eigenvalue weighted by molar-refractivity contribution is 7.91. The molecule has 300 valence electrons. The quantitative estimate of drug-likeness (QED) is 0.211. The molecule has 8 rings (SSSR count). The molecule has 4 aliphatic rings. The van der Waals surface area contributed by atoms with Crippen molar-refractivity contribution < 1.29 is 45.9 Å². The molecule has 2 saturated carbocycles. The molecule has 0 spiro atoms. The number of aromatic nitrogens is 1. The summed E-state index contributed by atoms with van der Waals surface area (Å²) < 4.78 is 59.7. The average Bonchev–Trinajstić information content (AvgIpc) is 4.09. The summed E-state index contributed by atoms with van der Waals surface area (Å²) in [7, 11) is -2.72. The van der Waals surface area contributed by atoms with Crippen LogP contribution in [0.1, 0.15) is 63.4 Å². The molecular weight excluding hydrogens is 758 g/mol. The summed E-state index contributed by atoms with van der Waals surface area (Å²) in [5.74, 6) is -2.60. The van der Waals surface area contributed by atoms with E-state index in [9.17, 15) is 32.0 Å². The largest absolute Gasteiger partial charge is 0.484 e. The first kappa shape index (κ1) is 38.4. The lowest BCUT2D eigenvalue weighted by atomic mass is 10.1. The van der Waals surface area contributed by atoms with Gasteiger partial charge in [0.05, 0.1) is 24.6 Å². The van der Waals surface area contributed by atoms with E-state index in [4.69, 9.17) is 18.9 Å². The highest BCUT2D eigenvalue weighted by atomic mass is 32.2. The number of carbonyl (C=O) groups excluding carboxylic acids is 4. The summed E-state index contributed by atoms with van der Waals surface area (Å²) in [6, 6.07) is 11.0. The van der Waals surface area contributed by atoms with E-state index >= 15 is 0 Å². The van der Waals surface area contributed by atoms with Gasteiger partial charge >= 0.3 is 6.09 Å². The summed E-state index contributed by atoms with van der Waals surface area (Å²) in [6.07, 6.45) is 6.32. The third kappa shape index (κ3) is 7.78. The van der Waals surface area contributed by atoms with Crippen molar-refractivity contribution in [3.05, 3.63) is 72.1 Å². The first-order valence-electron chi connectivity index (χ1n) is 19.3. The van der Waals surface area contributed by atoms with Crippen LogP contribution in [0.5, 0.6) is 5.75 Å². The van der Waals surface area contributed by atoms with Gasteiger partial charge in [-0.2, -0.15) is 0 Å². The number of hydrogen-bond donors (Lipinski definition) is 3. The Balaban J connectivity index is 1.15. The number of sulfonamides is 1. The topological polar surface area (TPSA) is 186 Å². The molecule has 0 unspecified atom stereocenters. The number of benzene rings is 2.